The predicted molar refractivity (Wildman–Crippen MR) is 188 cm³/mol. The van der Waals surface area contributed by atoms with E-state index >= 15 is 0 Å². The molecule has 1 saturated heterocycles. The summed E-state index contributed by atoms with van der Waals surface area (Å²) in [4.78, 5) is 33.4. The highest BCUT2D eigenvalue weighted by molar-refractivity contribution is 7.90. The van der Waals surface area contributed by atoms with E-state index in [0.29, 0.717) is 67.2 Å². The van der Waals surface area contributed by atoms with Gasteiger partial charge < -0.3 is 19.1 Å². The van der Waals surface area contributed by atoms with Gasteiger partial charge in [-0.15, -0.1) is 0 Å². The third-order valence-corrected chi connectivity index (χ3v) is 13.5. The summed E-state index contributed by atoms with van der Waals surface area (Å²) in [6.45, 7) is 8.23. The van der Waals surface area contributed by atoms with E-state index in [1.54, 1.807) is 30.9 Å². The number of nitrogens with zero attached hydrogens (tertiary/aromatic N) is 3. The Hall–Kier alpha value is -3.48. The van der Waals surface area contributed by atoms with Gasteiger partial charge >= 0.3 is 6.09 Å². The lowest BCUT2D eigenvalue weighted by Crippen LogP contribution is -2.55. The number of fused-ring (bicyclic) bond motifs is 6. The van der Waals surface area contributed by atoms with E-state index in [4.69, 9.17) is 25.8 Å². The summed E-state index contributed by atoms with van der Waals surface area (Å²) in [7, 11) is -2.37. The van der Waals surface area contributed by atoms with E-state index < -0.39 is 27.6 Å². The van der Waals surface area contributed by atoms with Crippen molar-refractivity contribution in [1.29, 1.82) is 0 Å². The molecule has 2 aromatic carbocycles. The van der Waals surface area contributed by atoms with Crippen LogP contribution in [0.5, 0.6) is 5.75 Å². The number of halogens is 1. The van der Waals surface area contributed by atoms with Gasteiger partial charge in [-0.05, 0) is 100 Å². The summed E-state index contributed by atoms with van der Waals surface area (Å²) in [5.41, 5.74) is 1.89. The number of carbonyl (C=O) groups excluding carboxylic acids is 2. The van der Waals surface area contributed by atoms with Crippen molar-refractivity contribution in [2.45, 2.75) is 74.9 Å². The Kier molecular flexibility index (Phi) is 8.11. The number of ether oxygens (including phenoxy) is 3. The van der Waals surface area contributed by atoms with Gasteiger partial charge in [0, 0.05) is 48.5 Å². The Labute approximate surface area is 298 Å². The smallest absolute Gasteiger partial charge is 0.414 e. The summed E-state index contributed by atoms with van der Waals surface area (Å²) in [6.07, 6.45) is 3.90. The number of nitrogens with one attached hydrogen (secondary N) is 1. The number of amides is 2. The molecule has 2 aliphatic carbocycles. The van der Waals surface area contributed by atoms with Crippen molar-refractivity contribution in [3.8, 4) is 5.75 Å². The molecule has 4 aliphatic heterocycles. The quantitative estimate of drug-likeness (QED) is 0.398. The maximum atomic E-state index is 13.9. The molecule has 1 spiro atoms. The van der Waals surface area contributed by atoms with Gasteiger partial charge in [0.1, 0.15) is 17.6 Å². The van der Waals surface area contributed by atoms with Crippen LogP contribution in [0.2, 0.25) is 5.02 Å². The van der Waals surface area contributed by atoms with Crippen LogP contribution in [0.3, 0.4) is 0 Å². The molecule has 4 bridgehead atoms. The maximum absolute atomic E-state index is 13.9. The Bertz CT molecular complexity index is 1900. The second-order valence-electron chi connectivity index (χ2n) is 15.6. The molecule has 8 rings (SSSR count). The van der Waals surface area contributed by atoms with E-state index in [9.17, 15) is 18.0 Å². The van der Waals surface area contributed by atoms with Gasteiger partial charge in [0.05, 0.1) is 29.4 Å². The Morgan fingerprint density at radius 1 is 1.06 bits per heavy atom. The van der Waals surface area contributed by atoms with Gasteiger partial charge in [-0.25, -0.2) is 17.9 Å². The highest BCUT2D eigenvalue weighted by atomic mass is 35.5. The molecule has 1 saturated carbocycles. The number of carbonyl (C=O) groups is 2. The lowest BCUT2D eigenvalue weighted by Gasteiger charge is -2.50. The minimum Gasteiger partial charge on any atom is -0.490 e. The Morgan fingerprint density at radius 3 is 2.66 bits per heavy atom. The van der Waals surface area contributed by atoms with Crippen molar-refractivity contribution in [3.63, 3.8) is 0 Å². The molecule has 1 unspecified atom stereocenters. The van der Waals surface area contributed by atoms with Crippen LogP contribution in [0.15, 0.2) is 52.7 Å². The minimum atomic E-state index is -4.30. The van der Waals surface area contributed by atoms with E-state index in [1.165, 1.54) is 17.2 Å². The molecule has 6 aliphatic rings. The number of anilines is 1. The fourth-order valence-electron chi connectivity index (χ4n) is 9.07. The number of benzene rings is 2. The van der Waals surface area contributed by atoms with Gasteiger partial charge in [0.2, 0.25) is 0 Å². The number of hydrogen-bond donors (Lipinski definition) is 1. The van der Waals surface area contributed by atoms with Gasteiger partial charge in [-0.3, -0.25) is 14.6 Å². The summed E-state index contributed by atoms with van der Waals surface area (Å²) in [5, 5.41) is 0.708. The number of aryl methyl sites for hydroxylation is 1. The molecule has 0 radical (unpaired) electrons. The molecule has 2 aromatic rings. The Morgan fingerprint density at radius 2 is 1.88 bits per heavy atom. The van der Waals surface area contributed by atoms with Gasteiger partial charge in [-0.1, -0.05) is 24.6 Å². The van der Waals surface area contributed by atoms with Crippen LogP contribution in [0.25, 0.3) is 0 Å². The van der Waals surface area contributed by atoms with Crippen molar-refractivity contribution in [1.82, 2.24) is 14.5 Å². The monoisotopic (exact) mass is 724 g/mol. The topological polar surface area (TPSA) is 118 Å². The van der Waals surface area contributed by atoms with Gasteiger partial charge in [0.25, 0.3) is 15.9 Å². The fourth-order valence-corrected chi connectivity index (χ4v) is 10.4. The lowest BCUT2D eigenvalue weighted by molar-refractivity contribution is -0.137. The zero-order valence-electron chi connectivity index (χ0n) is 29.0. The third kappa shape index (κ3) is 5.62. The van der Waals surface area contributed by atoms with Crippen molar-refractivity contribution in [3.05, 3.63) is 64.0 Å². The first kappa shape index (κ1) is 33.7. The summed E-state index contributed by atoms with van der Waals surface area (Å²) < 4.78 is 49.5. The first-order valence-electron chi connectivity index (χ1n) is 17.7. The second-order valence-corrected chi connectivity index (χ2v) is 17.7. The molecule has 11 nitrogen and oxygen atoms in total. The molecule has 4 heterocycles. The van der Waals surface area contributed by atoms with E-state index in [0.717, 1.165) is 32.1 Å². The highest BCUT2D eigenvalue weighted by Gasteiger charge is 2.51. The van der Waals surface area contributed by atoms with Crippen molar-refractivity contribution in [2.24, 2.45) is 17.8 Å². The SMILES string of the molecule is CC1C2=C3CN(C)CCN2C(=O)O[C@@H]1[C@@H]1CC[C@H]1CN1C[C@@]2(CCCc4cc(Cl)ccc42)COc2ccc(cc21)S(=O)(=O)NC(=O)C(C)(C)O3. The molecule has 0 aromatic heterocycles. The standard InChI is InChI=1S/C37H45ClN4O7S/c1-22-32-31-19-40(4)14-15-42(32)35(44)48-33(22)27-10-7-24(27)18-41-20-37(13-5-6-23-16-25(38)8-11-28(23)37)21-47-30-12-9-26(17-29(30)41)50(45,46)39-34(43)36(2,3)49-31/h8-9,11-12,16-17,22,24,27,33H,5-7,10,13-15,18-21H2,1-4H3,(H,39,43)/t22?,24-,27+,33-,37-/m0/s1. The fraction of sp³-hybridized carbons (Fsp3) is 0.568. The molecular weight excluding hydrogens is 680 g/mol. The third-order valence-electron chi connectivity index (χ3n) is 11.9. The molecule has 13 heteroatoms. The number of likely N-dealkylation sites (N-methyl/N-ethyl adjacent to an activating group) is 1. The zero-order valence-corrected chi connectivity index (χ0v) is 30.6. The number of hydrogen-bond acceptors (Lipinski definition) is 9. The maximum Gasteiger partial charge on any atom is 0.414 e. The van der Waals surface area contributed by atoms with Crippen LogP contribution >= 0.6 is 11.6 Å². The molecule has 268 valence electrons. The summed E-state index contributed by atoms with van der Waals surface area (Å²) in [5.74, 6) is 0.333. The average molecular weight is 725 g/mol. The van der Waals surface area contributed by atoms with Crippen LogP contribution in [0.1, 0.15) is 57.6 Å². The highest BCUT2D eigenvalue weighted by Crippen LogP contribution is 2.49. The average Bonchev–Trinajstić information content (AvgIpc) is 3.30. The largest absolute Gasteiger partial charge is 0.490 e. The van der Waals surface area contributed by atoms with E-state index in [1.807, 2.05) is 18.0 Å². The zero-order chi connectivity index (χ0) is 35.2. The van der Waals surface area contributed by atoms with Gasteiger partial charge in [0.15, 0.2) is 5.60 Å². The number of sulfonamides is 1. The molecule has 2 amide bonds. The molecule has 2 fully saturated rings. The van der Waals surface area contributed by atoms with E-state index in [2.05, 4.69) is 28.7 Å². The second kappa shape index (κ2) is 12.1. The van der Waals surface area contributed by atoms with Crippen LogP contribution in [-0.2, 0) is 36.1 Å². The summed E-state index contributed by atoms with van der Waals surface area (Å²) in [6, 6.07) is 10.9. The number of rotatable bonds is 0. The van der Waals surface area contributed by atoms with E-state index in [-0.39, 0.29) is 34.2 Å². The van der Waals surface area contributed by atoms with Crippen LogP contribution < -0.4 is 14.4 Å². The normalized spacial score (nSPS) is 31.9. The first-order chi connectivity index (χ1) is 23.7. The minimum absolute atomic E-state index is 0.0279. The van der Waals surface area contributed by atoms with Crippen LogP contribution in [0, 0.1) is 17.8 Å². The molecule has 1 N–H and O–H groups in total. The van der Waals surface area contributed by atoms with Crippen molar-refractivity contribution in [2.75, 3.05) is 51.3 Å². The van der Waals surface area contributed by atoms with Crippen molar-refractivity contribution < 1.29 is 32.2 Å². The Balaban J connectivity index is 1.26. The van der Waals surface area contributed by atoms with Gasteiger partial charge in [-0.2, -0.15) is 0 Å². The molecule has 50 heavy (non-hydrogen) atoms. The molecule has 5 atom stereocenters. The van der Waals surface area contributed by atoms with Crippen LogP contribution in [-0.4, -0.2) is 88.3 Å². The summed E-state index contributed by atoms with van der Waals surface area (Å²) >= 11 is 6.45. The predicted octanol–water partition coefficient (Wildman–Crippen LogP) is 5.07. The molecular formula is C37H45ClN4O7S. The van der Waals surface area contributed by atoms with Crippen molar-refractivity contribution >= 4 is 39.3 Å². The lowest BCUT2D eigenvalue weighted by atomic mass is 9.66. The van der Waals surface area contributed by atoms with Crippen LogP contribution in [0.4, 0.5) is 10.5 Å². The first-order valence-corrected chi connectivity index (χ1v) is 19.6.